The average molecular weight is 359 g/mol. The molecule has 1 aromatic rings. The molecule has 1 aromatic carbocycles. The van der Waals surface area contributed by atoms with E-state index in [0.29, 0.717) is 23.3 Å². The third-order valence-electron chi connectivity index (χ3n) is 2.56. The van der Waals surface area contributed by atoms with Crippen LogP contribution in [0.2, 0.25) is 0 Å². The highest BCUT2D eigenvalue weighted by atomic mass is 79.9. The Bertz CT molecular complexity index is 494. The van der Waals surface area contributed by atoms with E-state index in [1.165, 1.54) is 12.1 Å². The van der Waals surface area contributed by atoms with Crippen molar-refractivity contribution in [2.24, 2.45) is 0 Å². The number of aromatic carboxylic acids is 1. The Balaban J connectivity index is 2.40. The van der Waals surface area contributed by atoms with Crippen molar-refractivity contribution >= 4 is 33.6 Å². The van der Waals surface area contributed by atoms with Crippen LogP contribution in [0.1, 0.15) is 30.1 Å². The van der Waals surface area contributed by atoms with Crippen LogP contribution in [-0.2, 0) is 4.74 Å². The number of amides is 2. The molecule has 0 heterocycles. The van der Waals surface area contributed by atoms with E-state index in [0.717, 1.165) is 19.4 Å². The lowest BCUT2D eigenvalue weighted by atomic mass is 10.2. The average Bonchev–Trinajstić information content (AvgIpc) is 2.44. The van der Waals surface area contributed by atoms with Gasteiger partial charge in [-0.15, -0.1) is 0 Å². The Labute approximate surface area is 132 Å². The van der Waals surface area contributed by atoms with Gasteiger partial charge in [-0.3, -0.25) is 0 Å². The molecule has 7 heteroatoms. The summed E-state index contributed by atoms with van der Waals surface area (Å²) in [4.78, 5) is 22.6. The van der Waals surface area contributed by atoms with E-state index in [9.17, 15) is 9.59 Å². The Morgan fingerprint density at radius 2 is 2.10 bits per heavy atom. The van der Waals surface area contributed by atoms with Crippen molar-refractivity contribution in [3.05, 3.63) is 28.2 Å². The second-order valence-electron chi connectivity index (χ2n) is 4.35. The first-order valence-electron chi connectivity index (χ1n) is 6.70. The van der Waals surface area contributed by atoms with Crippen LogP contribution in [0, 0.1) is 0 Å². The summed E-state index contributed by atoms with van der Waals surface area (Å²) in [5.41, 5.74) is 0.524. The summed E-state index contributed by atoms with van der Waals surface area (Å²) < 4.78 is 5.92. The summed E-state index contributed by atoms with van der Waals surface area (Å²) in [7, 11) is 0. The van der Waals surface area contributed by atoms with E-state index in [1.54, 1.807) is 6.07 Å². The normalized spacial score (nSPS) is 10.2. The molecule has 21 heavy (non-hydrogen) atoms. The van der Waals surface area contributed by atoms with Gasteiger partial charge in [0.1, 0.15) is 0 Å². The van der Waals surface area contributed by atoms with Crippen molar-refractivity contribution in [3.8, 4) is 0 Å². The summed E-state index contributed by atoms with van der Waals surface area (Å²) in [5, 5.41) is 14.2. The minimum absolute atomic E-state index is 0.112. The highest BCUT2D eigenvalue weighted by Crippen LogP contribution is 2.23. The zero-order valence-electron chi connectivity index (χ0n) is 11.8. The molecule has 0 aliphatic heterocycles. The zero-order valence-corrected chi connectivity index (χ0v) is 13.4. The molecule has 0 spiro atoms. The molecule has 0 radical (unpaired) electrons. The Morgan fingerprint density at radius 3 is 2.76 bits per heavy atom. The van der Waals surface area contributed by atoms with Crippen LogP contribution in [0.4, 0.5) is 10.5 Å². The van der Waals surface area contributed by atoms with E-state index in [1.807, 2.05) is 6.92 Å². The van der Waals surface area contributed by atoms with Crippen LogP contribution in [0.5, 0.6) is 0 Å². The number of rotatable bonds is 8. The van der Waals surface area contributed by atoms with Gasteiger partial charge >= 0.3 is 12.0 Å². The fraction of sp³-hybridized carbons (Fsp3) is 0.429. The molecule has 0 atom stereocenters. The number of ether oxygens (including phenoxy) is 1. The largest absolute Gasteiger partial charge is 0.478 e. The van der Waals surface area contributed by atoms with Crippen LogP contribution in [-0.4, -0.2) is 36.9 Å². The van der Waals surface area contributed by atoms with E-state index >= 15 is 0 Å². The summed E-state index contributed by atoms with van der Waals surface area (Å²) in [6.07, 6.45) is 1.70. The molecule has 0 aromatic heterocycles. The first-order chi connectivity index (χ1) is 10.0. The topological polar surface area (TPSA) is 87.7 Å². The van der Waals surface area contributed by atoms with E-state index in [-0.39, 0.29) is 11.6 Å². The number of anilines is 1. The highest BCUT2D eigenvalue weighted by Gasteiger charge is 2.09. The van der Waals surface area contributed by atoms with E-state index in [4.69, 9.17) is 9.84 Å². The fourth-order valence-electron chi connectivity index (χ4n) is 1.54. The molecule has 0 unspecified atom stereocenters. The predicted molar refractivity (Wildman–Crippen MR) is 83.8 cm³/mol. The number of carbonyl (C=O) groups is 2. The third kappa shape index (κ3) is 6.59. The number of urea groups is 1. The van der Waals surface area contributed by atoms with Crippen molar-refractivity contribution in [3.63, 3.8) is 0 Å². The molecule has 0 saturated carbocycles. The number of nitrogens with one attached hydrogen (secondary N) is 2. The van der Waals surface area contributed by atoms with Gasteiger partial charge in [0.15, 0.2) is 0 Å². The van der Waals surface area contributed by atoms with Crippen molar-refractivity contribution in [2.75, 3.05) is 25.1 Å². The third-order valence-corrected chi connectivity index (χ3v) is 3.25. The molecule has 0 saturated heterocycles. The molecule has 0 bridgehead atoms. The molecule has 6 nitrogen and oxygen atoms in total. The molecule has 0 aliphatic rings. The lowest BCUT2D eigenvalue weighted by molar-refractivity contribution is 0.0697. The standard InChI is InChI=1S/C14H19BrN2O4/c1-2-7-21-8-3-6-16-14(20)17-12-9-10(13(18)19)4-5-11(12)15/h4-5,9H,2-3,6-8H2,1H3,(H,18,19)(H2,16,17,20). The Kier molecular flexibility index (Phi) is 7.78. The molecule has 3 N–H and O–H groups in total. The SMILES string of the molecule is CCCOCCCNC(=O)Nc1cc(C(=O)O)ccc1Br. The van der Waals surface area contributed by atoms with Crippen LogP contribution < -0.4 is 10.6 Å². The van der Waals surface area contributed by atoms with Gasteiger partial charge in [-0.25, -0.2) is 9.59 Å². The monoisotopic (exact) mass is 358 g/mol. The molecule has 1 rings (SSSR count). The second-order valence-corrected chi connectivity index (χ2v) is 5.20. The van der Waals surface area contributed by atoms with Gasteiger partial charge in [-0.2, -0.15) is 0 Å². The molecular weight excluding hydrogens is 340 g/mol. The van der Waals surface area contributed by atoms with Crippen molar-refractivity contribution in [2.45, 2.75) is 19.8 Å². The minimum atomic E-state index is -1.04. The van der Waals surface area contributed by atoms with Gasteiger partial charge < -0.3 is 20.5 Å². The minimum Gasteiger partial charge on any atom is -0.478 e. The van der Waals surface area contributed by atoms with Gasteiger partial charge in [0, 0.05) is 24.2 Å². The summed E-state index contributed by atoms with van der Waals surface area (Å²) in [5.74, 6) is -1.04. The smallest absolute Gasteiger partial charge is 0.335 e. The van der Waals surface area contributed by atoms with Crippen LogP contribution in [0.15, 0.2) is 22.7 Å². The molecule has 0 aliphatic carbocycles. The summed E-state index contributed by atoms with van der Waals surface area (Å²) in [6, 6.07) is 4.06. The van der Waals surface area contributed by atoms with Crippen LogP contribution >= 0.6 is 15.9 Å². The van der Waals surface area contributed by atoms with Gasteiger partial charge in [0.25, 0.3) is 0 Å². The van der Waals surface area contributed by atoms with E-state index < -0.39 is 5.97 Å². The molecule has 116 valence electrons. The second kappa shape index (κ2) is 9.36. The van der Waals surface area contributed by atoms with Crippen LogP contribution in [0.25, 0.3) is 0 Å². The van der Waals surface area contributed by atoms with Gasteiger partial charge in [-0.1, -0.05) is 6.92 Å². The number of hydrogen-bond donors (Lipinski definition) is 3. The quantitative estimate of drug-likeness (QED) is 0.623. The van der Waals surface area contributed by atoms with Crippen molar-refractivity contribution in [1.82, 2.24) is 5.32 Å². The lowest BCUT2D eigenvalue weighted by Crippen LogP contribution is -2.30. The molecular formula is C14H19BrN2O4. The van der Waals surface area contributed by atoms with Gasteiger partial charge in [0.05, 0.1) is 11.3 Å². The number of benzene rings is 1. The highest BCUT2D eigenvalue weighted by molar-refractivity contribution is 9.10. The number of hydrogen-bond acceptors (Lipinski definition) is 3. The first kappa shape index (κ1) is 17.5. The van der Waals surface area contributed by atoms with Crippen molar-refractivity contribution < 1.29 is 19.4 Å². The summed E-state index contributed by atoms with van der Waals surface area (Å²) >= 11 is 3.26. The molecule has 2 amide bonds. The summed E-state index contributed by atoms with van der Waals surface area (Å²) in [6.45, 7) is 3.86. The number of carboxylic acid groups (broad SMARTS) is 1. The van der Waals surface area contributed by atoms with Crippen LogP contribution in [0.3, 0.4) is 0 Å². The number of carboxylic acids is 1. The Hall–Kier alpha value is -1.60. The van der Waals surface area contributed by atoms with Crippen molar-refractivity contribution in [1.29, 1.82) is 0 Å². The number of carbonyl (C=O) groups excluding carboxylic acids is 1. The predicted octanol–water partition coefficient (Wildman–Crippen LogP) is 3.09. The van der Waals surface area contributed by atoms with E-state index in [2.05, 4.69) is 26.6 Å². The first-order valence-corrected chi connectivity index (χ1v) is 7.49. The molecule has 0 fully saturated rings. The maximum absolute atomic E-state index is 11.7. The maximum atomic E-state index is 11.7. The van der Waals surface area contributed by atoms with Gasteiger partial charge in [0.2, 0.25) is 0 Å². The zero-order chi connectivity index (χ0) is 15.7. The van der Waals surface area contributed by atoms with Gasteiger partial charge in [-0.05, 0) is 47.0 Å². The fourth-order valence-corrected chi connectivity index (χ4v) is 1.89. The number of halogens is 1. The maximum Gasteiger partial charge on any atom is 0.335 e. The Morgan fingerprint density at radius 1 is 1.33 bits per heavy atom. The lowest BCUT2D eigenvalue weighted by Gasteiger charge is -2.10.